The van der Waals surface area contributed by atoms with Crippen molar-refractivity contribution in [1.29, 1.82) is 0 Å². The summed E-state index contributed by atoms with van der Waals surface area (Å²) in [7, 11) is 0. The lowest BCUT2D eigenvalue weighted by molar-refractivity contribution is -0.118. The second kappa shape index (κ2) is 7.68. The largest absolute Gasteiger partial charge is 0.484 e. The van der Waals surface area contributed by atoms with E-state index in [0.717, 1.165) is 0 Å². The van der Waals surface area contributed by atoms with Crippen LogP contribution in [0.25, 0.3) is 0 Å². The van der Waals surface area contributed by atoms with Gasteiger partial charge in [-0.25, -0.2) is 4.98 Å². The van der Waals surface area contributed by atoms with Crippen LogP contribution in [0.2, 0.25) is 0 Å². The summed E-state index contributed by atoms with van der Waals surface area (Å²) >= 11 is 0. The lowest BCUT2D eigenvalue weighted by Crippen LogP contribution is -2.20. The molecule has 0 fully saturated rings. The maximum absolute atomic E-state index is 11.8. The first-order valence-corrected chi connectivity index (χ1v) is 6.32. The van der Waals surface area contributed by atoms with Gasteiger partial charge in [0.05, 0.1) is 0 Å². The highest BCUT2D eigenvalue weighted by Gasteiger charge is 2.04. The molecule has 0 aliphatic carbocycles. The lowest BCUT2D eigenvalue weighted by Gasteiger charge is -2.06. The summed E-state index contributed by atoms with van der Waals surface area (Å²) in [5, 5.41) is 11.3. The van der Waals surface area contributed by atoms with Gasteiger partial charge < -0.3 is 15.2 Å². The van der Waals surface area contributed by atoms with E-state index in [0.29, 0.717) is 17.3 Å². The molecule has 0 atom stereocenters. The van der Waals surface area contributed by atoms with E-state index in [2.05, 4.69) is 22.1 Å². The van der Waals surface area contributed by atoms with Gasteiger partial charge in [0.25, 0.3) is 5.91 Å². The number of carbonyl (C=O) groups excluding carboxylic acids is 1. The van der Waals surface area contributed by atoms with E-state index in [1.807, 2.05) is 18.2 Å². The fourth-order valence-electron chi connectivity index (χ4n) is 1.55. The van der Waals surface area contributed by atoms with Gasteiger partial charge in [0, 0.05) is 0 Å². The van der Waals surface area contributed by atoms with Gasteiger partial charge >= 0.3 is 0 Å². The fourth-order valence-corrected chi connectivity index (χ4v) is 1.55. The van der Waals surface area contributed by atoms with Gasteiger partial charge in [-0.2, -0.15) is 0 Å². The van der Waals surface area contributed by atoms with E-state index < -0.39 is 0 Å². The quantitative estimate of drug-likeness (QED) is 0.832. The summed E-state index contributed by atoms with van der Waals surface area (Å²) in [6.45, 7) is -0.332. The van der Waals surface area contributed by atoms with Crippen LogP contribution in [0.4, 0.5) is 5.82 Å². The molecule has 2 aromatic rings. The SMILES string of the molecule is O=C(COc1ccccc1)Nc1cccc(C#CCO)n1. The number of amides is 1. The summed E-state index contributed by atoms with van der Waals surface area (Å²) in [5.74, 6) is 5.88. The number of carbonyl (C=O) groups is 1. The van der Waals surface area contributed by atoms with Crippen molar-refractivity contribution in [2.45, 2.75) is 0 Å². The van der Waals surface area contributed by atoms with Gasteiger partial charge in [-0.1, -0.05) is 30.2 Å². The zero-order chi connectivity index (χ0) is 14.9. The van der Waals surface area contributed by atoms with Crippen LogP contribution in [0, 0.1) is 11.8 Å². The molecular formula is C16H14N2O3. The predicted octanol–water partition coefficient (Wildman–Crippen LogP) is 1.44. The highest BCUT2D eigenvalue weighted by atomic mass is 16.5. The minimum atomic E-state index is -0.307. The van der Waals surface area contributed by atoms with Crippen molar-refractivity contribution in [2.75, 3.05) is 18.5 Å². The highest BCUT2D eigenvalue weighted by molar-refractivity contribution is 5.90. The number of pyridine rings is 1. The molecule has 2 rings (SSSR count). The van der Waals surface area contributed by atoms with Gasteiger partial charge in [-0.05, 0) is 30.2 Å². The van der Waals surface area contributed by atoms with Crippen molar-refractivity contribution >= 4 is 11.7 Å². The lowest BCUT2D eigenvalue weighted by atomic mass is 10.3. The van der Waals surface area contributed by atoms with E-state index in [-0.39, 0.29) is 19.1 Å². The molecule has 1 aromatic carbocycles. The number of para-hydroxylation sites is 1. The minimum Gasteiger partial charge on any atom is -0.484 e. The normalized spacial score (nSPS) is 9.38. The smallest absolute Gasteiger partial charge is 0.263 e. The third-order valence-corrected chi connectivity index (χ3v) is 2.43. The molecule has 106 valence electrons. The van der Waals surface area contributed by atoms with Gasteiger partial charge in [0.1, 0.15) is 23.9 Å². The van der Waals surface area contributed by atoms with Crippen LogP contribution >= 0.6 is 0 Å². The van der Waals surface area contributed by atoms with Crippen LogP contribution in [-0.2, 0) is 4.79 Å². The number of nitrogens with zero attached hydrogens (tertiary/aromatic N) is 1. The van der Waals surface area contributed by atoms with Crippen LogP contribution in [0.15, 0.2) is 48.5 Å². The number of hydrogen-bond donors (Lipinski definition) is 2. The Bertz CT molecular complexity index is 660. The van der Waals surface area contributed by atoms with Gasteiger partial charge in [-0.3, -0.25) is 4.79 Å². The van der Waals surface area contributed by atoms with Gasteiger partial charge in [0.2, 0.25) is 0 Å². The third kappa shape index (κ3) is 4.97. The van der Waals surface area contributed by atoms with E-state index in [1.54, 1.807) is 30.3 Å². The number of ether oxygens (including phenoxy) is 1. The molecule has 5 heteroatoms. The molecule has 5 nitrogen and oxygen atoms in total. The van der Waals surface area contributed by atoms with E-state index in [1.165, 1.54) is 0 Å². The molecule has 0 saturated heterocycles. The van der Waals surface area contributed by atoms with Crippen LogP contribution in [0.5, 0.6) is 5.75 Å². The zero-order valence-electron chi connectivity index (χ0n) is 11.2. The highest BCUT2D eigenvalue weighted by Crippen LogP contribution is 2.08. The molecule has 1 aromatic heterocycles. The molecule has 0 bridgehead atoms. The second-order valence-electron chi connectivity index (χ2n) is 4.02. The number of aliphatic hydroxyl groups excluding tert-OH is 1. The Morgan fingerprint density at radius 2 is 2.00 bits per heavy atom. The Labute approximate surface area is 122 Å². The summed E-state index contributed by atoms with van der Waals surface area (Å²) in [4.78, 5) is 15.9. The van der Waals surface area contributed by atoms with Gasteiger partial charge in [0.15, 0.2) is 6.61 Å². The Morgan fingerprint density at radius 1 is 1.19 bits per heavy atom. The zero-order valence-corrected chi connectivity index (χ0v) is 11.2. The third-order valence-electron chi connectivity index (χ3n) is 2.43. The van der Waals surface area contributed by atoms with Crippen molar-refractivity contribution in [3.05, 3.63) is 54.2 Å². The average molecular weight is 282 g/mol. The molecule has 0 radical (unpaired) electrons. The topological polar surface area (TPSA) is 71.5 Å². The molecule has 1 amide bonds. The molecule has 21 heavy (non-hydrogen) atoms. The van der Waals surface area contributed by atoms with Crippen LogP contribution in [0.3, 0.4) is 0 Å². The molecule has 1 heterocycles. The van der Waals surface area contributed by atoms with E-state index in [4.69, 9.17) is 9.84 Å². The number of hydrogen-bond acceptors (Lipinski definition) is 4. The molecule has 0 aliphatic rings. The summed E-state index contributed by atoms with van der Waals surface area (Å²) in [6, 6.07) is 14.2. The molecular weight excluding hydrogens is 268 g/mol. The summed E-state index contributed by atoms with van der Waals surface area (Å²) in [6.07, 6.45) is 0. The van der Waals surface area contributed by atoms with Crippen LogP contribution < -0.4 is 10.1 Å². The molecule has 0 aliphatic heterocycles. The summed E-state index contributed by atoms with van der Waals surface area (Å²) in [5.41, 5.74) is 0.478. The Morgan fingerprint density at radius 3 is 2.76 bits per heavy atom. The molecule has 0 spiro atoms. The number of anilines is 1. The maximum atomic E-state index is 11.8. The number of rotatable bonds is 4. The fraction of sp³-hybridized carbons (Fsp3) is 0.125. The standard InChI is InChI=1S/C16H14N2O3/c19-11-5-7-13-6-4-10-15(17-13)18-16(20)12-21-14-8-2-1-3-9-14/h1-4,6,8-10,19H,11-12H2,(H,17,18,20). The van der Waals surface area contributed by atoms with Crippen molar-refractivity contribution in [1.82, 2.24) is 4.98 Å². The molecule has 0 saturated carbocycles. The number of aromatic nitrogens is 1. The average Bonchev–Trinajstić information content (AvgIpc) is 2.52. The maximum Gasteiger partial charge on any atom is 0.263 e. The Kier molecular flexibility index (Phi) is 5.33. The van der Waals surface area contributed by atoms with Crippen molar-refractivity contribution in [2.24, 2.45) is 0 Å². The van der Waals surface area contributed by atoms with Crippen LogP contribution in [0.1, 0.15) is 5.69 Å². The predicted molar refractivity (Wildman–Crippen MR) is 78.8 cm³/mol. The monoisotopic (exact) mass is 282 g/mol. The minimum absolute atomic E-state index is 0.0990. The van der Waals surface area contributed by atoms with Crippen molar-refractivity contribution < 1.29 is 14.6 Å². The Hall–Kier alpha value is -2.84. The van der Waals surface area contributed by atoms with E-state index >= 15 is 0 Å². The number of aliphatic hydroxyl groups is 1. The Balaban J connectivity index is 1.90. The van der Waals surface area contributed by atoms with Gasteiger partial charge in [-0.15, -0.1) is 0 Å². The first kappa shape index (κ1) is 14.6. The van der Waals surface area contributed by atoms with Crippen molar-refractivity contribution in [3.8, 4) is 17.6 Å². The summed E-state index contributed by atoms with van der Waals surface area (Å²) < 4.78 is 5.33. The number of benzene rings is 1. The molecule has 2 N–H and O–H groups in total. The van der Waals surface area contributed by atoms with E-state index in [9.17, 15) is 4.79 Å². The number of nitrogens with one attached hydrogen (secondary N) is 1. The van der Waals surface area contributed by atoms with Crippen LogP contribution in [-0.4, -0.2) is 29.2 Å². The second-order valence-corrected chi connectivity index (χ2v) is 4.02. The molecule has 0 unspecified atom stereocenters. The first-order valence-electron chi connectivity index (χ1n) is 6.32. The first-order chi connectivity index (χ1) is 10.3. The van der Waals surface area contributed by atoms with Crippen molar-refractivity contribution in [3.63, 3.8) is 0 Å².